The third-order valence-corrected chi connectivity index (χ3v) is 2.98. The Hall–Kier alpha value is -1.33. The molecule has 1 heterocycles. The normalized spacial score (nSPS) is 10.7. The third kappa shape index (κ3) is 2.68. The maximum absolute atomic E-state index is 11.7. The summed E-state index contributed by atoms with van der Waals surface area (Å²) in [7, 11) is 1.61. The molecule has 0 amide bonds. The predicted molar refractivity (Wildman–Crippen MR) is 69.6 cm³/mol. The minimum absolute atomic E-state index is 0.0251. The molecule has 17 heavy (non-hydrogen) atoms. The monoisotopic (exact) mass is 297 g/mol. The topological polar surface area (TPSA) is 51.3 Å². The van der Waals surface area contributed by atoms with E-state index in [1.807, 2.05) is 6.07 Å². The van der Waals surface area contributed by atoms with E-state index in [-0.39, 0.29) is 5.43 Å². The van der Waals surface area contributed by atoms with E-state index < -0.39 is 0 Å². The van der Waals surface area contributed by atoms with Crippen LogP contribution in [0.3, 0.4) is 0 Å². The number of ether oxygens (including phenoxy) is 2. The number of hydrogen-bond acceptors (Lipinski definition) is 3. The summed E-state index contributed by atoms with van der Waals surface area (Å²) < 4.78 is 11.2. The highest BCUT2D eigenvalue weighted by atomic mass is 79.9. The van der Waals surface area contributed by atoms with Crippen LogP contribution in [0.2, 0.25) is 0 Å². The zero-order valence-corrected chi connectivity index (χ0v) is 10.9. The lowest BCUT2D eigenvalue weighted by molar-refractivity contribution is 0.146. The fourth-order valence-corrected chi connectivity index (χ4v) is 1.98. The van der Waals surface area contributed by atoms with Crippen molar-refractivity contribution in [2.75, 3.05) is 20.3 Å². The number of hydrogen-bond donors (Lipinski definition) is 1. The highest BCUT2D eigenvalue weighted by molar-refractivity contribution is 9.10. The largest absolute Gasteiger partial charge is 0.490 e. The van der Waals surface area contributed by atoms with Crippen molar-refractivity contribution in [1.29, 1.82) is 0 Å². The Morgan fingerprint density at radius 1 is 1.35 bits per heavy atom. The summed E-state index contributed by atoms with van der Waals surface area (Å²) in [6, 6.07) is 5.06. The molecule has 4 nitrogen and oxygen atoms in total. The number of H-pyrrole nitrogens is 1. The van der Waals surface area contributed by atoms with E-state index in [4.69, 9.17) is 9.47 Å². The molecule has 0 saturated heterocycles. The molecule has 0 saturated carbocycles. The molecule has 2 rings (SSSR count). The Kier molecular flexibility index (Phi) is 3.81. The maximum Gasteiger partial charge on any atom is 0.189 e. The first-order valence-corrected chi connectivity index (χ1v) is 5.94. The van der Waals surface area contributed by atoms with Crippen molar-refractivity contribution in [2.24, 2.45) is 0 Å². The molecule has 1 aromatic carbocycles. The van der Waals surface area contributed by atoms with Crippen molar-refractivity contribution in [2.45, 2.75) is 0 Å². The van der Waals surface area contributed by atoms with E-state index in [2.05, 4.69) is 20.9 Å². The molecule has 0 radical (unpaired) electrons. The molecule has 2 aromatic rings. The molecule has 5 heteroatoms. The second-order valence-electron chi connectivity index (χ2n) is 3.51. The van der Waals surface area contributed by atoms with Crippen LogP contribution in [0.5, 0.6) is 5.75 Å². The van der Waals surface area contributed by atoms with Gasteiger partial charge >= 0.3 is 0 Å². The van der Waals surface area contributed by atoms with Crippen LogP contribution in [-0.2, 0) is 4.74 Å². The first-order chi connectivity index (χ1) is 8.22. The van der Waals surface area contributed by atoms with E-state index >= 15 is 0 Å². The summed E-state index contributed by atoms with van der Waals surface area (Å²) in [5.41, 5.74) is 0.756. The van der Waals surface area contributed by atoms with Crippen molar-refractivity contribution in [3.8, 4) is 5.75 Å². The van der Waals surface area contributed by atoms with Gasteiger partial charge < -0.3 is 14.5 Å². The fraction of sp³-hybridized carbons (Fsp3) is 0.250. The minimum Gasteiger partial charge on any atom is -0.490 e. The number of methoxy groups -OCH3 is 1. The number of rotatable bonds is 4. The molecule has 0 atom stereocenters. The SMILES string of the molecule is COCCOc1cc2c(=O)cc[nH]c2cc1Br. The minimum atomic E-state index is -0.0251. The molecule has 90 valence electrons. The number of pyridine rings is 1. The molecule has 1 aromatic heterocycles. The van der Waals surface area contributed by atoms with Crippen LogP contribution in [0.25, 0.3) is 10.9 Å². The van der Waals surface area contributed by atoms with Gasteiger partial charge in [-0.3, -0.25) is 4.79 Å². The molecule has 0 aliphatic rings. The van der Waals surface area contributed by atoms with Gasteiger partial charge in [0, 0.05) is 24.8 Å². The zero-order valence-electron chi connectivity index (χ0n) is 9.33. The molecule has 0 aliphatic heterocycles. The van der Waals surface area contributed by atoms with E-state index in [1.54, 1.807) is 19.4 Å². The summed E-state index contributed by atoms with van der Waals surface area (Å²) in [4.78, 5) is 14.7. The summed E-state index contributed by atoms with van der Waals surface area (Å²) in [5, 5.41) is 0.614. The van der Waals surface area contributed by atoms with Gasteiger partial charge in [-0.25, -0.2) is 0 Å². The summed E-state index contributed by atoms with van der Waals surface area (Å²) in [6.07, 6.45) is 1.63. The van der Waals surface area contributed by atoms with Crippen molar-refractivity contribution in [3.63, 3.8) is 0 Å². The molecule has 1 N–H and O–H groups in total. The molecular formula is C12H12BrNO3. The summed E-state index contributed by atoms with van der Waals surface area (Å²) in [5.74, 6) is 0.645. The lowest BCUT2D eigenvalue weighted by Gasteiger charge is -2.08. The average Bonchev–Trinajstić information content (AvgIpc) is 2.31. The zero-order chi connectivity index (χ0) is 12.3. The van der Waals surface area contributed by atoms with Crippen LogP contribution >= 0.6 is 15.9 Å². The standard InChI is InChI=1S/C12H12BrNO3/c1-16-4-5-17-12-6-8-10(7-9(12)13)14-3-2-11(8)15/h2-3,6-7H,4-5H2,1H3,(H,14,15). The first-order valence-electron chi connectivity index (χ1n) is 5.15. The summed E-state index contributed by atoms with van der Waals surface area (Å²) in [6.45, 7) is 0.959. The molecule has 0 aliphatic carbocycles. The van der Waals surface area contributed by atoms with E-state index in [1.165, 1.54) is 6.07 Å². The maximum atomic E-state index is 11.7. The second-order valence-corrected chi connectivity index (χ2v) is 4.37. The number of fused-ring (bicyclic) bond motifs is 1. The van der Waals surface area contributed by atoms with Gasteiger partial charge in [0.2, 0.25) is 0 Å². The number of benzene rings is 1. The highest BCUT2D eigenvalue weighted by Gasteiger charge is 2.06. The average molecular weight is 298 g/mol. The predicted octanol–water partition coefficient (Wildman–Crippen LogP) is 2.32. The second kappa shape index (κ2) is 5.33. The van der Waals surface area contributed by atoms with E-state index in [0.29, 0.717) is 24.3 Å². The number of aromatic nitrogens is 1. The van der Waals surface area contributed by atoms with Gasteiger partial charge in [0.15, 0.2) is 5.43 Å². The lowest BCUT2D eigenvalue weighted by atomic mass is 10.2. The molecule has 0 bridgehead atoms. The van der Waals surface area contributed by atoms with Crippen molar-refractivity contribution in [3.05, 3.63) is 39.1 Å². The Balaban J connectivity index is 2.40. The molecule has 0 unspecified atom stereocenters. The summed E-state index contributed by atoms with van der Waals surface area (Å²) >= 11 is 3.41. The smallest absolute Gasteiger partial charge is 0.189 e. The van der Waals surface area contributed by atoms with Gasteiger partial charge in [-0.2, -0.15) is 0 Å². The van der Waals surface area contributed by atoms with Gasteiger partial charge in [-0.1, -0.05) is 0 Å². The van der Waals surface area contributed by atoms with Gasteiger partial charge in [-0.15, -0.1) is 0 Å². The molecular weight excluding hydrogens is 286 g/mol. The lowest BCUT2D eigenvalue weighted by Crippen LogP contribution is -2.06. The van der Waals surface area contributed by atoms with Crippen molar-refractivity contribution in [1.82, 2.24) is 4.98 Å². The van der Waals surface area contributed by atoms with Crippen LogP contribution < -0.4 is 10.2 Å². The first kappa shape index (κ1) is 12.1. The Labute approximate surface area is 107 Å². The van der Waals surface area contributed by atoms with Crippen LogP contribution in [0.1, 0.15) is 0 Å². The van der Waals surface area contributed by atoms with Gasteiger partial charge in [0.1, 0.15) is 12.4 Å². The van der Waals surface area contributed by atoms with Crippen LogP contribution in [0.4, 0.5) is 0 Å². The van der Waals surface area contributed by atoms with Gasteiger partial charge in [-0.05, 0) is 28.1 Å². The Morgan fingerprint density at radius 3 is 2.94 bits per heavy atom. The third-order valence-electron chi connectivity index (χ3n) is 2.36. The Bertz CT molecular complexity index is 579. The fourth-order valence-electron chi connectivity index (χ4n) is 1.52. The molecule has 0 fully saturated rings. The van der Waals surface area contributed by atoms with E-state index in [9.17, 15) is 4.79 Å². The van der Waals surface area contributed by atoms with Crippen LogP contribution in [-0.4, -0.2) is 25.3 Å². The number of nitrogens with one attached hydrogen (secondary N) is 1. The molecule has 0 spiro atoms. The van der Waals surface area contributed by atoms with Gasteiger partial charge in [0.25, 0.3) is 0 Å². The number of halogens is 1. The van der Waals surface area contributed by atoms with Crippen LogP contribution in [0.15, 0.2) is 33.7 Å². The Morgan fingerprint density at radius 2 is 2.18 bits per heavy atom. The highest BCUT2D eigenvalue weighted by Crippen LogP contribution is 2.28. The number of aromatic amines is 1. The quantitative estimate of drug-likeness (QED) is 0.881. The van der Waals surface area contributed by atoms with Gasteiger partial charge in [0.05, 0.1) is 16.6 Å². The van der Waals surface area contributed by atoms with Crippen molar-refractivity contribution >= 4 is 26.8 Å². The van der Waals surface area contributed by atoms with Crippen LogP contribution in [0, 0.1) is 0 Å². The van der Waals surface area contributed by atoms with Crippen molar-refractivity contribution < 1.29 is 9.47 Å². The van der Waals surface area contributed by atoms with E-state index in [0.717, 1.165) is 9.99 Å².